The minimum absolute atomic E-state index is 0.174. The maximum Gasteiger partial charge on any atom is 0.319 e. The molecule has 2 aromatic rings. The molecular formula is C18H25N3O3. The number of hydrogen-bond acceptors (Lipinski definition) is 3. The van der Waals surface area contributed by atoms with Crippen molar-refractivity contribution in [1.82, 2.24) is 9.88 Å². The number of nitrogens with one attached hydrogen (secondary N) is 2. The van der Waals surface area contributed by atoms with Gasteiger partial charge in [0.1, 0.15) is 0 Å². The first-order chi connectivity index (χ1) is 11.7. The van der Waals surface area contributed by atoms with Gasteiger partial charge in [-0.15, -0.1) is 0 Å². The average Bonchev–Trinajstić information content (AvgIpc) is 3.16. The van der Waals surface area contributed by atoms with Crippen molar-refractivity contribution in [3.05, 3.63) is 30.5 Å². The molecule has 0 aliphatic heterocycles. The van der Waals surface area contributed by atoms with Gasteiger partial charge in [0.25, 0.3) is 0 Å². The van der Waals surface area contributed by atoms with E-state index in [1.54, 1.807) is 7.11 Å². The lowest BCUT2D eigenvalue weighted by Crippen LogP contribution is -2.35. The lowest BCUT2D eigenvalue weighted by molar-refractivity contribution is 0.133. The fourth-order valence-electron chi connectivity index (χ4n) is 3.32. The number of rotatable bonds is 6. The van der Waals surface area contributed by atoms with Gasteiger partial charge in [0.2, 0.25) is 0 Å². The lowest BCUT2D eigenvalue weighted by Gasteiger charge is -2.15. The smallest absolute Gasteiger partial charge is 0.319 e. The number of aromatic nitrogens is 1. The summed E-state index contributed by atoms with van der Waals surface area (Å²) < 4.78 is 7.24. The van der Waals surface area contributed by atoms with Crippen molar-refractivity contribution in [3.8, 4) is 0 Å². The molecule has 1 heterocycles. The number of carbonyl (C=O) groups excluding carboxylic acids is 1. The van der Waals surface area contributed by atoms with Gasteiger partial charge in [-0.3, -0.25) is 0 Å². The van der Waals surface area contributed by atoms with E-state index in [4.69, 9.17) is 4.74 Å². The molecule has 3 rings (SSSR count). The van der Waals surface area contributed by atoms with E-state index in [9.17, 15) is 9.90 Å². The molecule has 1 aromatic heterocycles. The van der Waals surface area contributed by atoms with Crippen LogP contribution in [-0.4, -0.2) is 42.1 Å². The Hall–Kier alpha value is -2.05. The van der Waals surface area contributed by atoms with Crippen LogP contribution in [0.4, 0.5) is 10.5 Å². The van der Waals surface area contributed by atoms with Crippen molar-refractivity contribution in [2.24, 2.45) is 5.92 Å². The second-order valence-electron chi connectivity index (χ2n) is 6.37. The van der Waals surface area contributed by atoms with Gasteiger partial charge in [-0.2, -0.15) is 0 Å². The number of amides is 2. The highest BCUT2D eigenvalue weighted by Gasteiger charge is 2.25. The van der Waals surface area contributed by atoms with Crippen molar-refractivity contribution in [1.29, 1.82) is 0 Å². The third kappa shape index (κ3) is 3.88. The molecule has 6 heteroatoms. The van der Waals surface area contributed by atoms with Crippen LogP contribution in [0.5, 0.6) is 0 Å². The number of hydrogen-bond donors (Lipinski definition) is 3. The van der Waals surface area contributed by atoms with E-state index in [0.717, 1.165) is 42.4 Å². The highest BCUT2D eigenvalue weighted by Crippen LogP contribution is 2.25. The Bertz CT molecular complexity index is 698. The highest BCUT2D eigenvalue weighted by atomic mass is 16.5. The summed E-state index contributed by atoms with van der Waals surface area (Å²) in [6.07, 6.45) is 4.59. The molecule has 1 aliphatic carbocycles. The molecule has 3 N–H and O–H groups in total. The zero-order valence-electron chi connectivity index (χ0n) is 14.0. The predicted octanol–water partition coefficient (Wildman–Crippen LogP) is 2.57. The van der Waals surface area contributed by atoms with Crippen molar-refractivity contribution in [2.75, 3.05) is 25.6 Å². The molecule has 0 radical (unpaired) electrons. The molecule has 2 amide bonds. The quantitative estimate of drug-likeness (QED) is 0.761. The largest absolute Gasteiger partial charge is 0.393 e. The van der Waals surface area contributed by atoms with Crippen LogP contribution in [-0.2, 0) is 11.3 Å². The minimum atomic E-state index is -0.284. The Kier molecular flexibility index (Phi) is 5.37. The van der Waals surface area contributed by atoms with Gasteiger partial charge in [-0.1, -0.05) is 6.42 Å². The number of anilines is 1. The number of ether oxygens (including phenoxy) is 1. The molecule has 0 spiro atoms. The highest BCUT2D eigenvalue weighted by molar-refractivity contribution is 5.92. The van der Waals surface area contributed by atoms with E-state index in [1.165, 1.54) is 0 Å². The van der Waals surface area contributed by atoms with Crippen LogP contribution in [0, 0.1) is 5.92 Å². The van der Waals surface area contributed by atoms with Crippen LogP contribution >= 0.6 is 0 Å². The second kappa shape index (κ2) is 7.68. The first-order valence-corrected chi connectivity index (χ1v) is 8.48. The summed E-state index contributed by atoms with van der Waals surface area (Å²) in [5.74, 6) is 0.174. The molecule has 1 saturated carbocycles. The topological polar surface area (TPSA) is 75.5 Å². The van der Waals surface area contributed by atoms with Gasteiger partial charge in [0, 0.05) is 48.9 Å². The maximum absolute atomic E-state index is 12.0. The zero-order chi connectivity index (χ0) is 16.9. The van der Waals surface area contributed by atoms with E-state index in [-0.39, 0.29) is 18.1 Å². The monoisotopic (exact) mass is 331 g/mol. The molecular weight excluding hydrogens is 306 g/mol. The van der Waals surface area contributed by atoms with E-state index >= 15 is 0 Å². The van der Waals surface area contributed by atoms with Crippen LogP contribution in [0.25, 0.3) is 10.9 Å². The number of nitrogens with zero attached hydrogens (tertiary/aromatic N) is 1. The fourth-order valence-corrected chi connectivity index (χ4v) is 3.32. The van der Waals surface area contributed by atoms with Crippen molar-refractivity contribution in [2.45, 2.75) is 31.9 Å². The molecule has 2 atom stereocenters. The molecule has 2 unspecified atom stereocenters. The summed E-state index contributed by atoms with van der Waals surface area (Å²) in [4.78, 5) is 12.0. The molecule has 0 bridgehead atoms. The summed E-state index contributed by atoms with van der Waals surface area (Å²) >= 11 is 0. The third-order valence-corrected chi connectivity index (χ3v) is 4.71. The van der Waals surface area contributed by atoms with Crippen LogP contribution in [0.15, 0.2) is 30.5 Å². The predicted molar refractivity (Wildman–Crippen MR) is 94.2 cm³/mol. The van der Waals surface area contributed by atoms with E-state index in [1.807, 2.05) is 30.5 Å². The molecule has 1 aliphatic rings. The Morgan fingerprint density at radius 1 is 1.38 bits per heavy atom. The Labute approximate surface area is 141 Å². The molecule has 1 fully saturated rings. The van der Waals surface area contributed by atoms with Gasteiger partial charge in [0.05, 0.1) is 12.7 Å². The van der Waals surface area contributed by atoms with E-state index in [2.05, 4.69) is 15.2 Å². The van der Waals surface area contributed by atoms with Crippen LogP contribution in [0.1, 0.15) is 19.3 Å². The Balaban J connectivity index is 1.57. The SMILES string of the molecule is COCCn1ccc2cc(NC(=O)NCC3CCCC3O)ccc21. The van der Waals surface area contributed by atoms with Crippen LogP contribution in [0.2, 0.25) is 0 Å². The van der Waals surface area contributed by atoms with Gasteiger partial charge in [-0.25, -0.2) is 4.79 Å². The Morgan fingerprint density at radius 2 is 2.25 bits per heavy atom. The second-order valence-corrected chi connectivity index (χ2v) is 6.37. The van der Waals surface area contributed by atoms with Crippen molar-refractivity contribution < 1.29 is 14.6 Å². The average molecular weight is 331 g/mol. The number of benzene rings is 1. The molecule has 1 aromatic carbocycles. The van der Waals surface area contributed by atoms with E-state index < -0.39 is 0 Å². The summed E-state index contributed by atoms with van der Waals surface area (Å²) in [5.41, 5.74) is 1.88. The number of methoxy groups -OCH3 is 1. The summed E-state index contributed by atoms with van der Waals surface area (Å²) in [6.45, 7) is 1.98. The number of aliphatic hydroxyl groups excluding tert-OH is 1. The zero-order valence-corrected chi connectivity index (χ0v) is 14.0. The third-order valence-electron chi connectivity index (χ3n) is 4.71. The number of fused-ring (bicyclic) bond motifs is 1. The van der Waals surface area contributed by atoms with Crippen LogP contribution < -0.4 is 10.6 Å². The normalized spacial score (nSPS) is 20.4. The van der Waals surface area contributed by atoms with Crippen molar-refractivity contribution in [3.63, 3.8) is 0 Å². The number of aliphatic hydroxyl groups is 1. The molecule has 0 saturated heterocycles. The number of carbonyl (C=O) groups is 1. The number of urea groups is 1. The first kappa shape index (κ1) is 16.8. The fraction of sp³-hybridized carbons (Fsp3) is 0.500. The van der Waals surface area contributed by atoms with Crippen LogP contribution in [0.3, 0.4) is 0 Å². The minimum Gasteiger partial charge on any atom is -0.393 e. The standard InChI is InChI=1S/C18H25N3O3/c1-24-10-9-21-8-7-13-11-15(5-6-16(13)21)20-18(23)19-12-14-3-2-4-17(14)22/h5-8,11,14,17,22H,2-4,9-10,12H2,1H3,(H2,19,20,23). The van der Waals surface area contributed by atoms with Gasteiger partial charge >= 0.3 is 6.03 Å². The summed E-state index contributed by atoms with van der Waals surface area (Å²) in [7, 11) is 1.69. The molecule has 24 heavy (non-hydrogen) atoms. The van der Waals surface area contributed by atoms with Crippen molar-refractivity contribution >= 4 is 22.6 Å². The Morgan fingerprint density at radius 3 is 3.00 bits per heavy atom. The lowest BCUT2D eigenvalue weighted by atomic mass is 10.1. The van der Waals surface area contributed by atoms with Gasteiger partial charge < -0.3 is 25.0 Å². The van der Waals surface area contributed by atoms with Gasteiger partial charge in [0.15, 0.2) is 0 Å². The molecule has 130 valence electrons. The van der Waals surface area contributed by atoms with E-state index in [0.29, 0.717) is 13.2 Å². The maximum atomic E-state index is 12.0. The first-order valence-electron chi connectivity index (χ1n) is 8.48. The summed E-state index contributed by atoms with van der Waals surface area (Å²) in [5, 5.41) is 16.6. The van der Waals surface area contributed by atoms with Gasteiger partial charge in [-0.05, 0) is 37.1 Å². The molecule has 6 nitrogen and oxygen atoms in total. The summed E-state index contributed by atoms with van der Waals surface area (Å²) in [6, 6.07) is 7.66.